The van der Waals surface area contributed by atoms with Gasteiger partial charge in [0.25, 0.3) is 0 Å². The van der Waals surface area contributed by atoms with Crippen molar-refractivity contribution in [1.29, 1.82) is 0 Å². The minimum Gasteiger partial charge on any atom is -0.339 e. The summed E-state index contributed by atoms with van der Waals surface area (Å²) in [5.74, 6) is 1.95. The second-order valence-corrected chi connectivity index (χ2v) is 5.22. The van der Waals surface area contributed by atoms with Crippen LogP contribution in [0.2, 0.25) is 0 Å². The van der Waals surface area contributed by atoms with Crippen molar-refractivity contribution in [3.8, 4) is 0 Å². The Bertz CT molecular complexity index is 370. The lowest BCUT2D eigenvalue weighted by Crippen LogP contribution is -2.23. The maximum Gasteiger partial charge on any atom is 0.231 e. The molecule has 0 amide bonds. The molecule has 82 valence electrons. The molecule has 2 unspecified atom stereocenters. The lowest BCUT2D eigenvalue weighted by molar-refractivity contribution is 0.339. The first-order chi connectivity index (χ1) is 7.19. The molecule has 0 radical (unpaired) electrons. The fourth-order valence-electron chi connectivity index (χ4n) is 2.34. The van der Waals surface area contributed by atoms with Crippen LogP contribution in [0, 0.1) is 0 Å². The molecule has 4 heteroatoms. The molecule has 0 bridgehead atoms. The van der Waals surface area contributed by atoms with Crippen LogP contribution in [-0.4, -0.2) is 16.2 Å². The van der Waals surface area contributed by atoms with Crippen LogP contribution in [0.25, 0.3) is 0 Å². The molecule has 0 aromatic carbocycles. The molecule has 2 fully saturated rings. The Kier molecular flexibility index (Phi) is 1.89. The molecule has 2 N–H and O–H groups in total. The molecule has 1 aromatic rings. The predicted molar refractivity (Wildman–Crippen MR) is 55.5 cm³/mol. The molecule has 15 heavy (non-hydrogen) atoms. The van der Waals surface area contributed by atoms with E-state index < -0.39 is 0 Å². The van der Waals surface area contributed by atoms with Crippen molar-refractivity contribution < 1.29 is 4.52 Å². The van der Waals surface area contributed by atoms with Crippen molar-refractivity contribution >= 4 is 0 Å². The third-order valence-corrected chi connectivity index (χ3v) is 3.87. The Labute approximate surface area is 89.2 Å². The molecule has 0 saturated heterocycles. The van der Waals surface area contributed by atoms with E-state index in [1.165, 1.54) is 19.3 Å². The van der Waals surface area contributed by atoms with E-state index in [1.54, 1.807) is 0 Å². The minimum atomic E-state index is 0.199. The van der Waals surface area contributed by atoms with Crippen molar-refractivity contribution in [2.45, 2.75) is 56.4 Å². The lowest BCUT2D eigenvalue weighted by atomic mass is 10.0. The van der Waals surface area contributed by atoms with E-state index in [2.05, 4.69) is 17.1 Å². The van der Waals surface area contributed by atoms with Crippen molar-refractivity contribution in [3.63, 3.8) is 0 Å². The van der Waals surface area contributed by atoms with Gasteiger partial charge >= 0.3 is 0 Å². The Morgan fingerprint density at radius 2 is 2.20 bits per heavy atom. The van der Waals surface area contributed by atoms with Gasteiger partial charge < -0.3 is 10.3 Å². The molecule has 3 rings (SSSR count). The molecule has 2 atom stereocenters. The summed E-state index contributed by atoms with van der Waals surface area (Å²) in [4.78, 5) is 4.52. The van der Waals surface area contributed by atoms with Crippen LogP contribution in [0.1, 0.15) is 56.7 Å². The summed E-state index contributed by atoms with van der Waals surface area (Å²) in [7, 11) is 0. The molecule has 1 heterocycles. The lowest BCUT2D eigenvalue weighted by Gasteiger charge is -2.09. The Morgan fingerprint density at radius 1 is 1.40 bits per heavy atom. The SMILES string of the molecule is CC1(c2noc(C3CCCC3N)n2)CC1. The van der Waals surface area contributed by atoms with Crippen molar-refractivity contribution in [1.82, 2.24) is 10.1 Å². The highest BCUT2D eigenvalue weighted by molar-refractivity contribution is 5.15. The highest BCUT2D eigenvalue weighted by Gasteiger charge is 2.44. The van der Waals surface area contributed by atoms with Crippen molar-refractivity contribution in [2.24, 2.45) is 5.73 Å². The zero-order valence-corrected chi connectivity index (χ0v) is 9.07. The monoisotopic (exact) mass is 207 g/mol. The van der Waals surface area contributed by atoms with Crippen LogP contribution < -0.4 is 5.73 Å². The average Bonchev–Trinajstić information content (AvgIpc) is 2.70. The molecule has 2 aliphatic rings. The van der Waals surface area contributed by atoms with Gasteiger partial charge in [0.1, 0.15) is 0 Å². The number of rotatable bonds is 2. The Morgan fingerprint density at radius 3 is 2.80 bits per heavy atom. The first-order valence-corrected chi connectivity index (χ1v) is 5.79. The van der Waals surface area contributed by atoms with E-state index >= 15 is 0 Å². The maximum absolute atomic E-state index is 6.02. The molecule has 2 aliphatic carbocycles. The standard InChI is InChI=1S/C11H17N3O/c1-11(5-6-11)10-13-9(15-14-10)7-3-2-4-8(7)12/h7-8H,2-6,12H2,1H3. The van der Waals surface area contributed by atoms with Gasteiger partial charge in [0.2, 0.25) is 5.89 Å². The van der Waals surface area contributed by atoms with Crippen LogP contribution in [-0.2, 0) is 5.41 Å². The van der Waals surface area contributed by atoms with Crippen LogP contribution >= 0.6 is 0 Å². The smallest absolute Gasteiger partial charge is 0.231 e. The predicted octanol–water partition coefficient (Wildman–Crippen LogP) is 1.72. The molecule has 4 nitrogen and oxygen atoms in total. The van der Waals surface area contributed by atoms with Crippen LogP contribution in [0.4, 0.5) is 0 Å². The van der Waals surface area contributed by atoms with Gasteiger partial charge in [0, 0.05) is 11.5 Å². The van der Waals surface area contributed by atoms with Gasteiger partial charge in [-0.15, -0.1) is 0 Å². The van der Waals surface area contributed by atoms with Crippen molar-refractivity contribution in [3.05, 3.63) is 11.7 Å². The van der Waals surface area contributed by atoms with E-state index in [4.69, 9.17) is 10.3 Å². The molecule has 2 saturated carbocycles. The fourth-order valence-corrected chi connectivity index (χ4v) is 2.34. The van der Waals surface area contributed by atoms with Gasteiger partial charge in [-0.2, -0.15) is 4.98 Å². The first-order valence-electron chi connectivity index (χ1n) is 5.79. The second kappa shape index (κ2) is 3.04. The minimum absolute atomic E-state index is 0.199. The second-order valence-electron chi connectivity index (χ2n) is 5.22. The summed E-state index contributed by atoms with van der Waals surface area (Å²) in [5, 5.41) is 4.09. The Hall–Kier alpha value is -0.900. The van der Waals surface area contributed by atoms with Crippen molar-refractivity contribution in [2.75, 3.05) is 0 Å². The zero-order chi connectivity index (χ0) is 10.5. The number of hydrogen-bond donors (Lipinski definition) is 1. The molecule has 0 aliphatic heterocycles. The summed E-state index contributed by atoms with van der Waals surface area (Å²) >= 11 is 0. The number of nitrogens with zero attached hydrogens (tertiary/aromatic N) is 2. The molecule has 0 spiro atoms. The van der Waals surface area contributed by atoms with E-state index in [1.807, 2.05) is 0 Å². The highest BCUT2D eigenvalue weighted by atomic mass is 16.5. The van der Waals surface area contributed by atoms with Gasteiger partial charge in [0.15, 0.2) is 5.82 Å². The summed E-state index contributed by atoms with van der Waals surface area (Å²) < 4.78 is 5.34. The highest BCUT2D eigenvalue weighted by Crippen LogP contribution is 2.46. The van der Waals surface area contributed by atoms with Gasteiger partial charge in [-0.25, -0.2) is 0 Å². The third kappa shape index (κ3) is 1.47. The fraction of sp³-hybridized carbons (Fsp3) is 0.818. The largest absolute Gasteiger partial charge is 0.339 e. The number of hydrogen-bond acceptors (Lipinski definition) is 4. The first kappa shape index (κ1) is 9.33. The molecular weight excluding hydrogens is 190 g/mol. The Balaban J connectivity index is 1.84. The topological polar surface area (TPSA) is 64.9 Å². The van der Waals surface area contributed by atoms with Crippen LogP contribution in [0.3, 0.4) is 0 Å². The van der Waals surface area contributed by atoms with E-state index in [-0.39, 0.29) is 11.5 Å². The van der Waals surface area contributed by atoms with E-state index in [9.17, 15) is 0 Å². The van der Waals surface area contributed by atoms with Gasteiger partial charge in [0.05, 0.1) is 5.92 Å². The van der Waals surface area contributed by atoms with E-state index in [0.717, 1.165) is 24.6 Å². The summed E-state index contributed by atoms with van der Waals surface area (Å²) in [6.07, 6.45) is 5.73. The average molecular weight is 207 g/mol. The maximum atomic E-state index is 6.02. The molecule has 1 aromatic heterocycles. The number of aromatic nitrogens is 2. The normalized spacial score (nSPS) is 33.2. The van der Waals surface area contributed by atoms with Crippen LogP contribution in [0.5, 0.6) is 0 Å². The summed E-state index contributed by atoms with van der Waals surface area (Å²) in [6.45, 7) is 2.19. The zero-order valence-electron chi connectivity index (χ0n) is 9.07. The van der Waals surface area contributed by atoms with E-state index in [0.29, 0.717) is 5.92 Å². The molecular formula is C11H17N3O. The van der Waals surface area contributed by atoms with Gasteiger partial charge in [-0.1, -0.05) is 18.5 Å². The summed E-state index contributed by atoms with van der Waals surface area (Å²) in [5.41, 5.74) is 6.22. The van der Waals surface area contributed by atoms with Crippen LogP contribution in [0.15, 0.2) is 4.52 Å². The number of nitrogens with two attached hydrogens (primary N) is 1. The summed E-state index contributed by atoms with van der Waals surface area (Å²) in [6, 6.07) is 0.213. The third-order valence-electron chi connectivity index (χ3n) is 3.87. The van der Waals surface area contributed by atoms with Gasteiger partial charge in [-0.3, -0.25) is 0 Å². The van der Waals surface area contributed by atoms with Gasteiger partial charge in [-0.05, 0) is 25.7 Å². The quantitative estimate of drug-likeness (QED) is 0.801.